The first-order valence-electron chi connectivity index (χ1n) is 8.87. The number of hydrogen-bond donors (Lipinski definition) is 2. The van der Waals surface area contributed by atoms with E-state index in [1.165, 1.54) is 38.5 Å². The Morgan fingerprint density at radius 1 is 1.09 bits per heavy atom. The van der Waals surface area contributed by atoms with Crippen LogP contribution in [0, 0.1) is 17.8 Å². The second kappa shape index (κ2) is 6.10. The minimum atomic E-state index is 0.0701. The fraction of sp³-hybridized carbons (Fsp3) is 0.632. The van der Waals surface area contributed by atoms with Crippen LogP contribution < -0.4 is 10.6 Å². The molecule has 4 heteroatoms. The third kappa shape index (κ3) is 3.27. The Morgan fingerprint density at radius 3 is 2.30 bits per heavy atom. The molecule has 4 saturated carbocycles. The number of carbonyl (C=O) groups excluding carboxylic acids is 1. The molecule has 4 bridgehead atoms. The number of carbonyl (C=O) groups is 1. The van der Waals surface area contributed by atoms with Gasteiger partial charge < -0.3 is 10.6 Å². The Labute approximate surface area is 143 Å². The smallest absolute Gasteiger partial charge is 0.234 e. The molecule has 0 saturated heterocycles. The largest absolute Gasteiger partial charge is 0.351 e. The van der Waals surface area contributed by atoms with Crippen molar-refractivity contribution in [2.45, 2.75) is 50.6 Å². The van der Waals surface area contributed by atoms with E-state index in [0.717, 1.165) is 23.3 Å². The standard InChI is InChI=1S/C19H25ClN2O/c20-17-4-2-1-3-16(17)11-21-18(23)12-22-19-8-13-5-14(9-19)7-15(6-13)10-19/h1-4,13-15,22H,5-12H2,(H,21,23). The predicted molar refractivity (Wildman–Crippen MR) is 92.2 cm³/mol. The molecule has 0 atom stereocenters. The van der Waals surface area contributed by atoms with Gasteiger partial charge in [0.2, 0.25) is 5.91 Å². The summed E-state index contributed by atoms with van der Waals surface area (Å²) < 4.78 is 0. The fourth-order valence-corrected chi connectivity index (χ4v) is 5.70. The average molecular weight is 333 g/mol. The molecule has 0 aliphatic heterocycles. The summed E-state index contributed by atoms with van der Waals surface area (Å²) in [5, 5.41) is 7.33. The molecule has 5 rings (SSSR count). The van der Waals surface area contributed by atoms with Crippen LogP contribution in [0.5, 0.6) is 0 Å². The van der Waals surface area contributed by atoms with E-state index < -0.39 is 0 Å². The van der Waals surface area contributed by atoms with Crippen molar-refractivity contribution < 1.29 is 4.79 Å². The van der Waals surface area contributed by atoms with Crippen LogP contribution in [-0.4, -0.2) is 18.0 Å². The molecule has 1 aromatic rings. The molecule has 0 unspecified atom stereocenters. The van der Waals surface area contributed by atoms with Crippen LogP contribution in [0.15, 0.2) is 24.3 Å². The summed E-state index contributed by atoms with van der Waals surface area (Å²) in [7, 11) is 0. The summed E-state index contributed by atoms with van der Waals surface area (Å²) in [5.74, 6) is 2.78. The Bertz CT molecular complexity index is 566. The highest BCUT2D eigenvalue weighted by molar-refractivity contribution is 6.31. The normalized spacial score (nSPS) is 34.6. The molecule has 0 heterocycles. The summed E-state index contributed by atoms with van der Waals surface area (Å²) in [6.45, 7) is 0.928. The molecule has 1 aromatic carbocycles. The zero-order chi connectivity index (χ0) is 15.9. The maximum absolute atomic E-state index is 12.2. The molecule has 4 aliphatic carbocycles. The van der Waals surface area contributed by atoms with Gasteiger partial charge in [0.1, 0.15) is 0 Å². The van der Waals surface area contributed by atoms with E-state index in [4.69, 9.17) is 11.6 Å². The van der Waals surface area contributed by atoms with Crippen molar-refractivity contribution in [3.05, 3.63) is 34.9 Å². The first kappa shape index (κ1) is 15.5. The first-order valence-corrected chi connectivity index (χ1v) is 9.25. The number of nitrogens with one attached hydrogen (secondary N) is 2. The van der Waals surface area contributed by atoms with Crippen LogP contribution in [0.2, 0.25) is 5.02 Å². The van der Waals surface area contributed by atoms with E-state index in [1.807, 2.05) is 24.3 Å². The van der Waals surface area contributed by atoms with Crippen LogP contribution in [-0.2, 0) is 11.3 Å². The van der Waals surface area contributed by atoms with Gasteiger partial charge in [-0.2, -0.15) is 0 Å². The third-order valence-electron chi connectivity index (χ3n) is 6.10. The second-order valence-electron chi connectivity index (χ2n) is 7.92. The lowest BCUT2D eigenvalue weighted by Gasteiger charge is -2.57. The van der Waals surface area contributed by atoms with Crippen molar-refractivity contribution in [2.75, 3.05) is 6.54 Å². The monoisotopic (exact) mass is 332 g/mol. The zero-order valence-corrected chi connectivity index (χ0v) is 14.2. The number of rotatable bonds is 5. The summed E-state index contributed by atoms with van der Waals surface area (Å²) in [6.07, 6.45) is 8.11. The van der Waals surface area contributed by atoms with Gasteiger partial charge >= 0.3 is 0 Å². The van der Waals surface area contributed by atoms with E-state index in [0.29, 0.717) is 18.1 Å². The van der Waals surface area contributed by atoms with Crippen molar-refractivity contribution in [3.8, 4) is 0 Å². The molecular weight excluding hydrogens is 308 g/mol. The van der Waals surface area contributed by atoms with Gasteiger partial charge in [-0.05, 0) is 67.9 Å². The number of hydrogen-bond acceptors (Lipinski definition) is 2. The van der Waals surface area contributed by atoms with Gasteiger partial charge in [-0.1, -0.05) is 29.8 Å². The lowest BCUT2D eigenvalue weighted by atomic mass is 9.53. The fourth-order valence-electron chi connectivity index (χ4n) is 5.49. The minimum absolute atomic E-state index is 0.0701. The van der Waals surface area contributed by atoms with Crippen LogP contribution in [0.1, 0.15) is 44.1 Å². The van der Waals surface area contributed by atoms with Crippen molar-refractivity contribution in [2.24, 2.45) is 17.8 Å². The van der Waals surface area contributed by atoms with Gasteiger partial charge in [-0.3, -0.25) is 4.79 Å². The molecule has 3 nitrogen and oxygen atoms in total. The van der Waals surface area contributed by atoms with Gasteiger partial charge in [-0.25, -0.2) is 0 Å². The van der Waals surface area contributed by atoms with Gasteiger partial charge in [-0.15, -0.1) is 0 Å². The maximum atomic E-state index is 12.2. The first-order chi connectivity index (χ1) is 11.1. The van der Waals surface area contributed by atoms with Crippen molar-refractivity contribution in [1.29, 1.82) is 0 Å². The molecule has 4 fully saturated rings. The second-order valence-corrected chi connectivity index (χ2v) is 8.33. The van der Waals surface area contributed by atoms with E-state index in [-0.39, 0.29) is 11.4 Å². The molecule has 4 aliphatic rings. The molecule has 124 valence electrons. The van der Waals surface area contributed by atoms with E-state index in [2.05, 4.69) is 10.6 Å². The number of benzene rings is 1. The molecule has 0 radical (unpaired) electrons. The molecule has 23 heavy (non-hydrogen) atoms. The summed E-state index contributed by atoms with van der Waals surface area (Å²) >= 11 is 6.13. The highest BCUT2D eigenvalue weighted by Gasteiger charge is 2.50. The highest BCUT2D eigenvalue weighted by Crippen LogP contribution is 2.55. The van der Waals surface area contributed by atoms with Crippen LogP contribution >= 0.6 is 11.6 Å². The van der Waals surface area contributed by atoms with E-state index >= 15 is 0 Å². The average Bonchev–Trinajstić information content (AvgIpc) is 2.51. The summed E-state index contributed by atoms with van der Waals surface area (Å²) in [5.41, 5.74) is 1.22. The van der Waals surface area contributed by atoms with Gasteiger partial charge in [0, 0.05) is 17.1 Å². The predicted octanol–water partition coefficient (Wildman–Crippen LogP) is 3.51. The third-order valence-corrected chi connectivity index (χ3v) is 6.46. The van der Waals surface area contributed by atoms with Gasteiger partial charge in [0.15, 0.2) is 0 Å². The van der Waals surface area contributed by atoms with Crippen molar-refractivity contribution >= 4 is 17.5 Å². The Balaban J connectivity index is 1.29. The SMILES string of the molecule is O=C(CNC12CC3CC(CC(C3)C1)C2)NCc1ccccc1Cl. The Hall–Kier alpha value is -1.06. The number of amides is 1. The van der Waals surface area contributed by atoms with E-state index in [1.54, 1.807) is 0 Å². The highest BCUT2D eigenvalue weighted by atomic mass is 35.5. The van der Waals surface area contributed by atoms with Gasteiger partial charge in [0.25, 0.3) is 0 Å². The summed E-state index contributed by atoms with van der Waals surface area (Å²) in [6, 6.07) is 7.66. The van der Waals surface area contributed by atoms with Crippen LogP contribution in [0.4, 0.5) is 0 Å². The van der Waals surface area contributed by atoms with Crippen molar-refractivity contribution in [3.63, 3.8) is 0 Å². The van der Waals surface area contributed by atoms with Crippen LogP contribution in [0.25, 0.3) is 0 Å². The van der Waals surface area contributed by atoms with E-state index in [9.17, 15) is 4.79 Å². The topological polar surface area (TPSA) is 41.1 Å². The lowest BCUT2D eigenvalue weighted by molar-refractivity contribution is -0.121. The molecule has 0 spiro atoms. The van der Waals surface area contributed by atoms with Gasteiger partial charge in [0.05, 0.1) is 6.54 Å². The molecular formula is C19H25ClN2O. The number of halogens is 1. The molecule has 2 N–H and O–H groups in total. The lowest BCUT2D eigenvalue weighted by Crippen LogP contribution is -2.59. The quantitative estimate of drug-likeness (QED) is 0.866. The molecule has 0 aromatic heterocycles. The zero-order valence-electron chi connectivity index (χ0n) is 13.5. The maximum Gasteiger partial charge on any atom is 0.234 e. The summed E-state index contributed by atoms with van der Waals surface area (Å²) in [4.78, 5) is 12.2. The minimum Gasteiger partial charge on any atom is -0.351 e. The molecule has 1 amide bonds. The Morgan fingerprint density at radius 2 is 1.70 bits per heavy atom. The van der Waals surface area contributed by atoms with Crippen molar-refractivity contribution in [1.82, 2.24) is 10.6 Å². The van der Waals surface area contributed by atoms with Crippen LogP contribution in [0.3, 0.4) is 0 Å². The Kier molecular flexibility index (Phi) is 4.10.